The Morgan fingerprint density at radius 1 is 1.54 bits per heavy atom. The summed E-state index contributed by atoms with van der Waals surface area (Å²) >= 11 is 0. The first-order valence-corrected chi connectivity index (χ1v) is 3.69. The normalized spacial score (nSPS) is 10.2. The predicted molar refractivity (Wildman–Crippen MR) is 45.2 cm³/mol. The van der Waals surface area contributed by atoms with Crippen LogP contribution >= 0.6 is 0 Å². The van der Waals surface area contributed by atoms with E-state index in [1.54, 1.807) is 6.07 Å². The van der Waals surface area contributed by atoms with Gasteiger partial charge in [0.25, 0.3) is 0 Å². The van der Waals surface area contributed by atoms with Crippen LogP contribution in [0.25, 0.3) is 11.2 Å². The van der Waals surface area contributed by atoms with E-state index >= 15 is 0 Å². The van der Waals surface area contributed by atoms with Gasteiger partial charge in [-0.25, -0.2) is 14.8 Å². The highest BCUT2D eigenvalue weighted by Gasteiger charge is 2.11. The highest BCUT2D eigenvalue weighted by atomic mass is 16.5. The van der Waals surface area contributed by atoms with Gasteiger partial charge in [0, 0.05) is 6.20 Å². The first kappa shape index (κ1) is 7.72. The SMILES string of the molecule is COC(=O)c1ccnc2nc[nH]c12. The molecule has 0 atom stereocenters. The van der Waals surface area contributed by atoms with Crippen LogP contribution in [-0.4, -0.2) is 28.0 Å². The summed E-state index contributed by atoms with van der Waals surface area (Å²) in [6.07, 6.45) is 3.01. The number of methoxy groups -OCH3 is 1. The lowest BCUT2D eigenvalue weighted by molar-refractivity contribution is 0.0602. The fourth-order valence-corrected chi connectivity index (χ4v) is 1.13. The molecule has 5 nitrogen and oxygen atoms in total. The average Bonchev–Trinajstić information content (AvgIpc) is 2.63. The number of nitrogens with one attached hydrogen (secondary N) is 1. The monoisotopic (exact) mass is 177 g/mol. The van der Waals surface area contributed by atoms with Gasteiger partial charge in [-0.2, -0.15) is 0 Å². The third-order valence-electron chi connectivity index (χ3n) is 1.73. The predicted octanol–water partition coefficient (Wildman–Crippen LogP) is 0.744. The first-order chi connectivity index (χ1) is 6.33. The van der Waals surface area contributed by atoms with Gasteiger partial charge in [-0.3, -0.25) is 0 Å². The summed E-state index contributed by atoms with van der Waals surface area (Å²) in [6.45, 7) is 0. The van der Waals surface area contributed by atoms with E-state index < -0.39 is 5.97 Å². The zero-order valence-electron chi connectivity index (χ0n) is 6.94. The Labute approximate surface area is 73.8 Å². The second kappa shape index (κ2) is 2.85. The maximum Gasteiger partial charge on any atom is 0.340 e. The minimum atomic E-state index is -0.392. The minimum Gasteiger partial charge on any atom is -0.465 e. The minimum absolute atomic E-state index is 0.392. The maximum absolute atomic E-state index is 11.2. The molecule has 2 heterocycles. The van der Waals surface area contributed by atoms with Gasteiger partial charge >= 0.3 is 5.97 Å². The second-order valence-corrected chi connectivity index (χ2v) is 2.45. The van der Waals surface area contributed by atoms with Crippen LogP contribution < -0.4 is 0 Å². The number of carbonyl (C=O) groups is 1. The van der Waals surface area contributed by atoms with Gasteiger partial charge in [-0.05, 0) is 6.07 Å². The molecule has 1 N–H and O–H groups in total. The molecule has 0 aliphatic rings. The van der Waals surface area contributed by atoms with E-state index in [4.69, 9.17) is 0 Å². The molecule has 2 aromatic heterocycles. The van der Waals surface area contributed by atoms with Gasteiger partial charge in [0.2, 0.25) is 0 Å². The Morgan fingerprint density at radius 3 is 3.15 bits per heavy atom. The highest BCUT2D eigenvalue weighted by molar-refractivity contribution is 6.00. The van der Waals surface area contributed by atoms with Crippen LogP contribution in [0.3, 0.4) is 0 Å². The molecule has 0 fully saturated rings. The van der Waals surface area contributed by atoms with Crippen molar-refractivity contribution in [2.24, 2.45) is 0 Å². The van der Waals surface area contributed by atoms with Gasteiger partial charge in [-0.15, -0.1) is 0 Å². The molecule has 5 heteroatoms. The molecule has 0 unspecified atom stereocenters. The molecule has 66 valence electrons. The van der Waals surface area contributed by atoms with Gasteiger partial charge in [0.15, 0.2) is 5.65 Å². The second-order valence-electron chi connectivity index (χ2n) is 2.45. The average molecular weight is 177 g/mol. The summed E-state index contributed by atoms with van der Waals surface area (Å²) in [5.41, 5.74) is 1.57. The van der Waals surface area contributed by atoms with E-state index in [-0.39, 0.29) is 0 Å². The molecule has 0 saturated heterocycles. The molecule has 0 spiro atoms. The number of esters is 1. The lowest BCUT2D eigenvalue weighted by atomic mass is 10.2. The molecule has 2 aromatic rings. The summed E-state index contributed by atoms with van der Waals surface area (Å²) in [5, 5.41) is 0. The zero-order chi connectivity index (χ0) is 9.26. The van der Waals surface area contributed by atoms with E-state index in [2.05, 4.69) is 19.7 Å². The number of rotatable bonds is 1. The van der Waals surface area contributed by atoms with Crippen molar-refractivity contribution in [1.82, 2.24) is 15.0 Å². The van der Waals surface area contributed by atoms with Crippen LogP contribution in [0.4, 0.5) is 0 Å². The Bertz CT molecular complexity index is 449. The number of hydrogen-bond acceptors (Lipinski definition) is 4. The molecule has 0 amide bonds. The number of H-pyrrole nitrogens is 1. The number of nitrogens with zero attached hydrogens (tertiary/aromatic N) is 2. The number of fused-ring (bicyclic) bond motifs is 1. The molecule has 0 aromatic carbocycles. The fraction of sp³-hybridized carbons (Fsp3) is 0.125. The summed E-state index contributed by atoms with van der Waals surface area (Å²) in [7, 11) is 1.34. The summed E-state index contributed by atoms with van der Waals surface area (Å²) in [5.74, 6) is -0.392. The molecular weight excluding hydrogens is 170 g/mol. The summed E-state index contributed by atoms with van der Waals surface area (Å²) in [6, 6.07) is 1.59. The quantitative estimate of drug-likeness (QED) is 0.652. The van der Waals surface area contributed by atoms with Crippen LogP contribution in [0.15, 0.2) is 18.6 Å². The van der Waals surface area contributed by atoms with Crippen LogP contribution in [0.2, 0.25) is 0 Å². The molecule has 2 rings (SSSR count). The smallest absolute Gasteiger partial charge is 0.340 e. The van der Waals surface area contributed by atoms with E-state index in [9.17, 15) is 4.79 Å². The molecule has 13 heavy (non-hydrogen) atoms. The summed E-state index contributed by atoms with van der Waals surface area (Å²) < 4.78 is 4.60. The van der Waals surface area contributed by atoms with Crippen molar-refractivity contribution in [3.8, 4) is 0 Å². The number of carbonyl (C=O) groups excluding carboxylic acids is 1. The number of aromatic nitrogens is 3. The van der Waals surface area contributed by atoms with Crippen molar-refractivity contribution in [2.45, 2.75) is 0 Å². The van der Waals surface area contributed by atoms with Crippen molar-refractivity contribution >= 4 is 17.1 Å². The Hall–Kier alpha value is -1.91. The highest BCUT2D eigenvalue weighted by Crippen LogP contribution is 2.12. The topological polar surface area (TPSA) is 67.9 Å². The Kier molecular flexibility index (Phi) is 1.70. The Morgan fingerprint density at radius 2 is 2.38 bits per heavy atom. The molecule has 0 aliphatic carbocycles. The zero-order valence-corrected chi connectivity index (χ0v) is 6.94. The van der Waals surface area contributed by atoms with Crippen molar-refractivity contribution in [3.63, 3.8) is 0 Å². The van der Waals surface area contributed by atoms with Crippen LogP contribution in [0.5, 0.6) is 0 Å². The fourth-order valence-electron chi connectivity index (χ4n) is 1.13. The molecule has 0 radical (unpaired) electrons. The van der Waals surface area contributed by atoms with E-state index in [0.29, 0.717) is 16.7 Å². The number of aromatic amines is 1. The van der Waals surface area contributed by atoms with E-state index in [0.717, 1.165) is 0 Å². The van der Waals surface area contributed by atoms with E-state index in [1.807, 2.05) is 0 Å². The van der Waals surface area contributed by atoms with E-state index in [1.165, 1.54) is 19.6 Å². The van der Waals surface area contributed by atoms with Crippen molar-refractivity contribution < 1.29 is 9.53 Å². The van der Waals surface area contributed by atoms with Gasteiger partial charge in [0.1, 0.15) is 0 Å². The third kappa shape index (κ3) is 1.14. The number of pyridine rings is 1. The first-order valence-electron chi connectivity index (χ1n) is 3.69. The van der Waals surface area contributed by atoms with Gasteiger partial charge < -0.3 is 9.72 Å². The van der Waals surface area contributed by atoms with Crippen molar-refractivity contribution in [3.05, 3.63) is 24.2 Å². The largest absolute Gasteiger partial charge is 0.465 e. The number of ether oxygens (including phenoxy) is 1. The standard InChI is InChI=1S/C8H7N3O2/c1-13-8(12)5-2-3-9-7-6(5)10-4-11-7/h2-4H,1H3,(H,9,10,11). The number of hydrogen-bond donors (Lipinski definition) is 1. The van der Waals surface area contributed by atoms with Crippen LogP contribution in [-0.2, 0) is 4.74 Å². The lowest BCUT2D eigenvalue weighted by Crippen LogP contribution is -2.02. The third-order valence-corrected chi connectivity index (χ3v) is 1.73. The van der Waals surface area contributed by atoms with Gasteiger partial charge in [-0.1, -0.05) is 0 Å². The molecule has 0 bridgehead atoms. The Balaban J connectivity index is 2.67. The van der Waals surface area contributed by atoms with Crippen LogP contribution in [0.1, 0.15) is 10.4 Å². The molecular formula is C8H7N3O2. The van der Waals surface area contributed by atoms with Crippen molar-refractivity contribution in [2.75, 3.05) is 7.11 Å². The van der Waals surface area contributed by atoms with Crippen LogP contribution in [0, 0.1) is 0 Å². The van der Waals surface area contributed by atoms with Gasteiger partial charge in [0.05, 0.1) is 24.5 Å². The molecule has 0 aliphatic heterocycles. The summed E-state index contributed by atoms with van der Waals surface area (Å²) in [4.78, 5) is 21.9. The molecule has 0 saturated carbocycles. The number of imidazole rings is 1. The van der Waals surface area contributed by atoms with Crippen molar-refractivity contribution in [1.29, 1.82) is 0 Å². The maximum atomic E-state index is 11.2. The lowest BCUT2D eigenvalue weighted by Gasteiger charge is -1.98.